The van der Waals surface area contributed by atoms with E-state index in [4.69, 9.17) is 11.6 Å². The molecule has 0 aromatic carbocycles. The molecule has 0 saturated heterocycles. The highest BCUT2D eigenvalue weighted by atomic mass is 35.5. The minimum absolute atomic E-state index is 0.508. The van der Waals surface area contributed by atoms with E-state index in [9.17, 15) is 0 Å². The Balaban J connectivity index is 3.28. The molecule has 1 aromatic heterocycles. The minimum atomic E-state index is 0.508. The van der Waals surface area contributed by atoms with Crippen LogP contribution in [0.25, 0.3) is 0 Å². The lowest BCUT2D eigenvalue weighted by atomic mass is 10.7. The summed E-state index contributed by atoms with van der Waals surface area (Å²) in [5.41, 5.74) is 0. The number of H-pyrrole nitrogens is 1. The number of aromatic amines is 1. The number of nitrogens with zero attached hydrogens (tertiary/aromatic N) is 1. The molecule has 1 aromatic rings. The van der Waals surface area contributed by atoms with Gasteiger partial charge in [0.2, 0.25) is 0 Å². The van der Waals surface area contributed by atoms with E-state index in [2.05, 4.69) is 22.2 Å². The Morgan fingerprint density at radius 2 is 2.50 bits per heavy atom. The summed E-state index contributed by atoms with van der Waals surface area (Å²) in [4.78, 5) is 6.37. The van der Waals surface area contributed by atoms with Crippen LogP contribution in [0.2, 0.25) is 5.15 Å². The van der Waals surface area contributed by atoms with E-state index >= 15 is 0 Å². The van der Waals surface area contributed by atoms with Gasteiger partial charge in [-0.3, -0.25) is 0 Å². The smallest absolute Gasteiger partial charge is 0.130 e. The van der Waals surface area contributed by atoms with Gasteiger partial charge in [-0.2, -0.15) is 0 Å². The van der Waals surface area contributed by atoms with Gasteiger partial charge in [-0.1, -0.05) is 23.8 Å². The molecule has 0 aliphatic heterocycles. The van der Waals surface area contributed by atoms with Crippen molar-refractivity contribution in [2.45, 2.75) is 0 Å². The van der Waals surface area contributed by atoms with Crippen LogP contribution in [-0.2, 0) is 0 Å². The van der Waals surface area contributed by atoms with Gasteiger partial charge in [0.1, 0.15) is 9.79 Å². The minimum Gasteiger partial charge on any atom is -0.337 e. The number of hydrogen-bond acceptors (Lipinski definition) is 2. The lowest BCUT2D eigenvalue weighted by Crippen LogP contribution is -1.75. The molecule has 0 bridgehead atoms. The number of hydrogen-bond donors (Lipinski definition) is 1. The van der Waals surface area contributed by atoms with Crippen molar-refractivity contribution in [3.8, 4) is 0 Å². The zero-order chi connectivity index (χ0) is 5.98. The van der Waals surface area contributed by atoms with Crippen molar-refractivity contribution in [2.24, 2.45) is 0 Å². The van der Waals surface area contributed by atoms with E-state index in [0.29, 0.717) is 9.79 Å². The summed E-state index contributed by atoms with van der Waals surface area (Å²) in [7, 11) is 0. The molecule has 42 valence electrons. The second-order valence-corrected chi connectivity index (χ2v) is 2.06. The molecule has 0 radical (unpaired) electrons. The maximum Gasteiger partial charge on any atom is 0.130 e. The zero-order valence-electron chi connectivity index (χ0n) is 3.89. The van der Waals surface area contributed by atoms with Gasteiger partial charge >= 0.3 is 0 Å². The summed E-state index contributed by atoms with van der Waals surface area (Å²) < 4.78 is 0.508. The Morgan fingerprint density at radius 1 is 1.75 bits per heavy atom. The first-order valence-electron chi connectivity index (χ1n) is 1.99. The molecule has 0 unspecified atom stereocenters. The molecule has 0 aliphatic rings. The average Bonchev–Trinajstić information content (AvgIpc) is 1.64. The largest absolute Gasteiger partial charge is 0.337 e. The molecule has 1 N–H and O–H groups in total. The molecular weight excluding hydrogens is 144 g/mol. The van der Waals surface area contributed by atoms with Crippen molar-refractivity contribution in [3.63, 3.8) is 0 Å². The maximum atomic E-state index is 5.48. The van der Waals surface area contributed by atoms with E-state index in [1.807, 2.05) is 0 Å². The number of rotatable bonds is 0. The van der Waals surface area contributed by atoms with E-state index in [1.165, 1.54) is 6.33 Å². The van der Waals surface area contributed by atoms with Crippen molar-refractivity contribution >= 4 is 23.8 Å². The molecule has 0 amide bonds. The molecule has 8 heavy (non-hydrogen) atoms. The average molecular weight is 147 g/mol. The lowest BCUT2D eigenvalue weighted by molar-refractivity contribution is 1.15. The fourth-order valence-electron chi connectivity index (χ4n) is 0.345. The standard InChI is InChI=1S/C4H3ClN2S/c5-3-1-4(8)7-2-6-3/h1-2H,(H,6,7,8). The third kappa shape index (κ3) is 1.28. The van der Waals surface area contributed by atoms with Gasteiger partial charge < -0.3 is 4.98 Å². The summed E-state index contributed by atoms with van der Waals surface area (Å²) in [6, 6.07) is 1.58. The Labute approximate surface area is 56.5 Å². The highest BCUT2D eigenvalue weighted by Crippen LogP contribution is 1.98. The van der Waals surface area contributed by atoms with Crippen molar-refractivity contribution < 1.29 is 0 Å². The van der Waals surface area contributed by atoms with Crippen LogP contribution in [0.1, 0.15) is 0 Å². The predicted molar refractivity (Wildman–Crippen MR) is 34.4 cm³/mol. The summed E-state index contributed by atoms with van der Waals surface area (Å²) in [5, 5.41) is 0.519. The van der Waals surface area contributed by atoms with Crippen LogP contribution in [0.5, 0.6) is 0 Å². The highest BCUT2D eigenvalue weighted by molar-refractivity contribution is 7.71. The molecule has 1 heterocycles. The second-order valence-electron chi connectivity index (χ2n) is 1.23. The molecule has 4 heteroatoms. The fraction of sp³-hybridized carbons (Fsp3) is 0. The molecule has 1 rings (SSSR count). The van der Waals surface area contributed by atoms with Crippen LogP contribution in [0.3, 0.4) is 0 Å². The second kappa shape index (κ2) is 2.24. The van der Waals surface area contributed by atoms with Gasteiger partial charge in [0.05, 0.1) is 6.33 Å². The van der Waals surface area contributed by atoms with Crippen molar-refractivity contribution in [2.75, 3.05) is 0 Å². The molecule has 0 spiro atoms. The van der Waals surface area contributed by atoms with Crippen LogP contribution in [0, 0.1) is 4.64 Å². The Morgan fingerprint density at radius 3 is 2.88 bits per heavy atom. The first kappa shape index (κ1) is 5.72. The normalized spacial score (nSPS) is 9.12. The van der Waals surface area contributed by atoms with E-state index in [-0.39, 0.29) is 0 Å². The molecular formula is C4H3ClN2S. The predicted octanol–water partition coefficient (Wildman–Crippen LogP) is 1.79. The molecule has 0 atom stereocenters. The first-order valence-corrected chi connectivity index (χ1v) is 2.78. The van der Waals surface area contributed by atoms with Gasteiger partial charge in [0.15, 0.2) is 0 Å². The van der Waals surface area contributed by atoms with Crippen LogP contribution in [0.4, 0.5) is 0 Å². The van der Waals surface area contributed by atoms with Crippen LogP contribution >= 0.6 is 23.8 Å². The summed E-state index contributed by atoms with van der Waals surface area (Å²) in [5.74, 6) is 0. The van der Waals surface area contributed by atoms with Crippen LogP contribution < -0.4 is 0 Å². The third-order valence-electron chi connectivity index (χ3n) is 0.644. The lowest BCUT2D eigenvalue weighted by Gasteiger charge is -1.83. The molecule has 2 nitrogen and oxygen atoms in total. The van der Waals surface area contributed by atoms with Gasteiger partial charge in [-0.05, 0) is 0 Å². The summed E-state index contributed by atoms with van der Waals surface area (Å²) in [6.07, 6.45) is 1.46. The van der Waals surface area contributed by atoms with E-state index in [0.717, 1.165) is 0 Å². The number of aromatic nitrogens is 2. The fourth-order valence-corrected chi connectivity index (χ4v) is 0.732. The van der Waals surface area contributed by atoms with Gasteiger partial charge in [0.25, 0.3) is 0 Å². The van der Waals surface area contributed by atoms with Gasteiger partial charge in [-0.15, -0.1) is 0 Å². The van der Waals surface area contributed by atoms with Crippen molar-refractivity contribution in [1.82, 2.24) is 9.97 Å². The SMILES string of the molecule is S=c1cc(Cl)[nH]cn1. The van der Waals surface area contributed by atoms with Crippen molar-refractivity contribution in [3.05, 3.63) is 22.2 Å². The quantitative estimate of drug-likeness (QED) is 0.447. The third-order valence-corrected chi connectivity index (χ3v) is 1.09. The first-order chi connectivity index (χ1) is 3.79. The van der Waals surface area contributed by atoms with E-state index in [1.54, 1.807) is 6.07 Å². The van der Waals surface area contributed by atoms with Gasteiger partial charge in [0, 0.05) is 6.07 Å². The summed E-state index contributed by atoms with van der Waals surface area (Å²) in [6.45, 7) is 0. The Hall–Kier alpha value is -0.410. The Kier molecular flexibility index (Phi) is 1.60. The Bertz CT molecular complexity index is 231. The zero-order valence-corrected chi connectivity index (χ0v) is 5.46. The summed E-state index contributed by atoms with van der Waals surface area (Å²) >= 11 is 10.2. The van der Waals surface area contributed by atoms with Crippen LogP contribution in [-0.4, -0.2) is 9.97 Å². The van der Waals surface area contributed by atoms with E-state index < -0.39 is 0 Å². The molecule has 0 saturated carbocycles. The van der Waals surface area contributed by atoms with Gasteiger partial charge in [-0.25, -0.2) is 4.98 Å². The van der Waals surface area contributed by atoms with Crippen LogP contribution in [0.15, 0.2) is 12.4 Å². The van der Waals surface area contributed by atoms with Crippen molar-refractivity contribution in [1.29, 1.82) is 0 Å². The maximum absolute atomic E-state index is 5.48. The monoisotopic (exact) mass is 146 g/mol. The number of nitrogens with one attached hydrogen (secondary N) is 1. The molecule has 0 aliphatic carbocycles. The highest BCUT2D eigenvalue weighted by Gasteiger charge is 1.80. The topological polar surface area (TPSA) is 28.7 Å². The molecule has 0 fully saturated rings. The number of halogens is 1.